The Hall–Kier alpha value is -5.71. The Bertz CT molecular complexity index is 1930. The number of carbonyl (C=O) groups excluding carboxylic acids is 3. The van der Waals surface area contributed by atoms with Gasteiger partial charge < -0.3 is 26.8 Å². The van der Waals surface area contributed by atoms with E-state index in [0.717, 1.165) is 33.4 Å². The zero-order chi connectivity index (χ0) is 36.9. The minimum absolute atomic E-state index is 0.141. The summed E-state index contributed by atoms with van der Waals surface area (Å²) in [5.74, 6) is -2.48. The largest absolute Gasteiger partial charge is 0.478 e. The van der Waals surface area contributed by atoms with Gasteiger partial charge in [-0.1, -0.05) is 127 Å². The Balaban J connectivity index is 1.34. The van der Waals surface area contributed by atoms with Crippen molar-refractivity contribution in [2.24, 2.45) is 5.73 Å². The molecule has 5 aromatic carbocycles. The lowest BCUT2D eigenvalue weighted by atomic mass is 9.98. The maximum absolute atomic E-state index is 14.1. The van der Waals surface area contributed by atoms with Gasteiger partial charge >= 0.3 is 5.97 Å². The molecule has 9 nitrogen and oxygen atoms in total. The first kappa shape index (κ1) is 37.5. The molecule has 0 aliphatic carbocycles. The van der Waals surface area contributed by atoms with Gasteiger partial charge in [0, 0.05) is 25.4 Å². The smallest absolute Gasteiger partial charge is 0.335 e. The van der Waals surface area contributed by atoms with E-state index < -0.39 is 41.2 Å². The van der Waals surface area contributed by atoms with Gasteiger partial charge in [-0.15, -0.1) is 0 Å². The number of hydrogen-bond acceptors (Lipinski definition) is 6. The van der Waals surface area contributed by atoms with Gasteiger partial charge in [0.1, 0.15) is 12.1 Å². The number of hydrogen-bond donors (Lipinski definition) is 6. The summed E-state index contributed by atoms with van der Waals surface area (Å²) in [7, 11) is 0. The highest BCUT2D eigenvalue weighted by atomic mass is 32.1. The lowest BCUT2D eigenvalue weighted by Crippen LogP contribution is -2.57. The van der Waals surface area contributed by atoms with Crippen molar-refractivity contribution < 1.29 is 24.3 Å². The van der Waals surface area contributed by atoms with E-state index >= 15 is 0 Å². The van der Waals surface area contributed by atoms with E-state index in [1.165, 1.54) is 12.1 Å². The summed E-state index contributed by atoms with van der Waals surface area (Å²) in [5, 5.41) is 16.9. The number of carboxylic acid groups (broad SMARTS) is 1. The Morgan fingerprint density at radius 3 is 1.56 bits per heavy atom. The summed E-state index contributed by atoms with van der Waals surface area (Å²) in [4.78, 5) is 52.6. The third-order valence-electron chi connectivity index (χ3n) is 8.71. The van der Waals surface area contributed by atoms with Crippen LogP contribution in [0.4, 0.5) is 0 Å². The predicted molar refractivity (Wildman–Crippen MR) is 206 cm³/mol. The second kappa shape index (κ2) is 18.5. The quantitative estimate of drug-likeness (QED) is 0.0794. The van der Waals surface area contributed by atoms with Crippen molar-refractivity contribution in [1.29, 1.82) is 0 Å². The number of rotatable bonds is 16. The van der Waals surface area contributed by atoms with Crippen molar-refractivity contribution >= 4 is 36.3 Å². The number of nitrogens with one attached hydrogen (secondary N) is 3. The lowest BCUT2D eigenvalue weighted by Gasteiger charge is -2.26. The molecule has 5 aromatic rings. The van der Waals surface area contributed by atoms with Crippen LogP contribution in [0.1, 0.15) is 32.6 Å². The minimum atomic E-state index is -1.06. The highest BCUT2D eigenvalue weighted by Crippen LogP contribution is 2.20. The maximum Gasteiger partial charge on any atom is 0.335 e. The molecule has 4 atom stereocenters. The van der Waals surface area contributed by atoms with Crippen LogP contribution in [-0.2, 0) is 40.2 Å². The topological polar surface area (TPSA) is 151 Å². The van der Waals surface area contributed by atoms with E-state index in [2.05, 4.69) is 28.6 Å². The van der Waals surface area contributed by atoms with Crippen LogP contribution in [0.5, 0.6) is 0 Å². The average molecular weight is 715 g/mol. The van der Waals surface area contributed by atoms with E-state index in [0.29, 0.717) is 0 Å². The number of aromatic carboxylic acids is 1. The SMILES string of the molecule is N[C@H](Cc1ccc(C(=O)O)cc1)[C@H](S)C(=O)N[C@@H](Cc1ccc(-c2ccccc2)cc1)C(=O)N[C@@H](Cc1ccccc1)C(=O)NCc1ccccc1. The van der Waals surface area contributed by atoms with Crippen molar-refractivity contribution in [3.63, 3.8) is 0 Å². The highest BCUT2D eigenvalue weighted by Gasteiger charge is 2.30. The standard InChI is InChI=1S/C42H42N4O5S/c43-35(24-29-18-22-34(23-19-29)42(50)51)38(52)41(49)46-37(26-30-16-20-33(21-17-30)32-14-8-3-9-15-32)40(48)45-36(25-28-10-4-1-5-11-28)39(47)44-27-31-12-6-2-7-13-31/h1-23,35-38,52H,24-27,43H2,(H,44,47)(H,45,48)(H,46,49)(H,50,51)/t35-,36+,37+,38+/m1/s1. The molecule has 0 radical (unpaired) electrons. The Labute approximate surface area is 309 Å². The van der Waals surface area contributed by atoms with E-state index in [-0.39, 0.29) is 37.3 Å². The predicted octanol–water partition coefficient (Wildman–Crippen LogP) is 4.99. The fraction of sp³-hybridized carbons (Fsp3) is 0.190. The first-order chi connectivity index (χ1) is 25.2. The zero-order valence-corrected chi connectivity index (χ0v) is 29.4. The van der Waals surface area contributed by atoms with Gasteiger partial charge in [0.05, 0.1) is 10.8 Å². The summed E-state index contributed by atoms with van der Waals surface area (Å²) in [6, 6.07) is 40.0. The molecule has 5 rings (SSSR count). The molecular weight excluding hydrogens is 673 g/mol. The van der Waals surface area contributed by atoms with E-state index in [1.807, 2.05) is 115 Å². The Morgan fingerprint density at radius 1 is 0.538 bits per heavy atom. The molecule has 10 heteroatoms. The molecular formula is C42H42N4O5S. The minimum Gasteiger partial charge on any atom is -0.478 e. The van der Waals surface area contributed by atoms with Crippen LogP contribution in [0, 0.1) is 0 Å². The molecule has 0 unspecified atom stereocenters. The molecule has 0 saturated carbocycles. The first-order valence-electron chi connectivity index (χ1n) is 17.0. The van der Waals surface area contributed by atoms with Gasteiger partial charge in [-0.05, 0) is 51.9 Å². The molecule has 266 valence electrons. The van der Waals surface area contributed by atoms with Crippen molar-refractivity contribution in [2.45, 2.75) is 49.2 Å². The van der Waals surface area contributed by atoms with Crippen LogP contribution < -0.4 is 21.7 Å². The normalized spacial score (nSPS) is 13.2. The van der Waals surface area contributed by atoms with Crippen LogP contribution in [0.15, 0.2) is 140 Å². The summed E-state index contributed by atoms with van der Waals surface area (Å²) >= 11 is 4.53. The number of amides is 3. The summed E-state index contributed by atoms with van der Waals surface area (Å²) < 4.78 is 0. The van der Waals surface area contributed by atoms with E-state index in [4.69, 9.17) is 5.73 Å². The van der Waals surface area contributed by atoms with Gasteiger partial charge in [-0.3, -0.25) is 14.4 Å². The summed E-state index contributed by atoms with van der Waals surface area (Å²) in [6.45, 7) is 0.285. The summed E-state index contributed by atoms with van der Waals surface area (Å²) in [6.07, 6.45) is 0.628. The molecule has 0 bridgehead atoms. The number of benzene rings is 5. The van der Waals surface area contributed by atoms with E-state index in [9.17, 15) is 24.3 Å². The second-order valence-corrected chi connectivity index (χ2v) is 13.2. The third kappa shape index (κ3) is 10.9. The van der Waals surface area contributed by atoms with Crippen LogP contribution in [0.3, 0.4) is 0 Å². The molecule has 0 heterocycles. The number of nitrogens with two attached hydrogens (primary N) is 1. The van der Waals surface area contributed by atoms with Gasteiger partial charge in [0.25, 0.3) is 0 Å². The van der Waals surface area contributed by atoms with Crippen LogP contribution in [0.2, 0.25) is 0 Å². The van der Waals surface area contributed by atoms with Gasteiger partial charge in [0.15, 0.2) is 0 Å². The molecule has 0 spiro atoms. The van der Waals surface area contributed by atoms with Gasteiger partial charge in [0.2, 0.25) is 17.7 Å². The zero-order valence-electron chi connectivity index (χ0n) is 28.5. The fourth-order valence-electron chi connectivity index (χ4n) is 5.77. The molecule has 0 saturated heterocycles. The van der Waals surface area contributed by atoms with Gasteiger partial charge in [-0.2, -0.15) is 12.6 Å². The van der Waals surface area contributed by atoms with Crippen LogP contribution in [-0.4, -0.2) is 52.2 Å². The maximum atomic E-state index is 14.1. The van der Waals surface area contributed by atoms with Crippen molar-refractivity contribution in [3.05, 3.63) is 167 Å². The van der Waals surface area contributed by atoms with Crippen molar-refractivity contribution in [1.82, 2.24) is 16.0 Å². The number of carbonyl (C=O) groups is 4. The van der Waals surface area contributed by atoms with E-state index in [1.54, 1.807) is 12.1 Å². The molecule has 52 heavy (non-hydrogen) atoms. The molecule has 3 amide bonds. The number of carboxylic acids is 1. The van der Waals surface area contributed by atoms with Crippen LogP contribution in [0.25, 0.3) is 11.1 Å². The molecule has 0 fully saturated rings. The van der Waals surface area contributed by atoms with Crippen LogP contribution >= 0.6 is 12.6 Å². The third-order valence-corrected chi connectivity index (χ3v) is 9.32. The highest BCUT2D eigenvalue weighted by molar-refractivity contribution is 7.81. The van der Waals surface area contributed by atoms with Crippen molar-refractivity contribution in [2.75, 3.05) is 0 Å². The average Bonchev–Trinajstić information content (AvgIpc) is 3.17. The molecule has 0 aromatic heterocycles. The molecule has 0 aliphatic rings. The van der Waals surface area contributed by atoms with Gasteiger partial charge in [-0.25, -0.2) is 4.79 Å². The Kier molecular flexibility index (Phi) is 13.4. The molecule has 6 N–H and O–H groups in total. The second-order valence-electron chi connectivity index (χ2n) is 12.6. The molecule has 0 aliphatic heterocycles. The fourth-order valence-corrected chi connectivity index (χ4v) is 5.95. The first-order valence-corrected chi connectivity index (χ1v) is 17.5. The summed E-state index contributed by atoms with van der Waals surface area (Å²) in [5.41, 5.74) is 11.9. The lowest BCUT2D eigenvalue weighted by molar-refractivity contribution is -0.132. The monoisotopic (exact) mass is 714 g/mol. The Morgan fingerprint density at radius 2 is 0.981 bits per heavy atom. The van der Waals surface area contributed by atoms with Crippen molar-refractivity contribution in [3.8, 4) is 11.1 Å². The number of thiol groups is 1.